The minimum atomic E-state index is -0.780. The van der Waals surface area contributed by atoms with Gasteiger partial charge in [0.05, 0.1) is 23.8 Å². The number of halogens is 1. The van der Waals surface area contributed by atoms with Crippen molar-refractivity contribution in [3.8, 4) is 5.75 Å². The molecule has 2 aliphatic rings. The maximum absolute atomic E-state index is 13.3. The summed E-state index contributed by atoms with van der Waals surface area (Å²) in [6.45, 7) is 4.46. The molecule has 10 nitrogen and oxygen atoms in total. The molecule has 1 aromatic carbocycles. The third-order valence-electron chi connectivity index (χ3n) is 8.99. The number of pyridine rings is 2. The number of ether oxygens (including phenoxy) is 1. The van der Waals surface area contributed by atoms with Gasteiger partial charge in [0.2, 0.25) is 5.95 Å². The molecular weight excluding hydrogens is 623 g/mol. The molecule has 2 unspecified atom stereocenters. The van der Waals surface area contributed by atoms with Gasteiger partial charge in [0.1, 0.15) is 5.75 Å². The van der Waals surface area contributed by atoms with Crippen LogP contribution in [-0.2, 0) is 9.59 Å². The van der Waals surface area contributed by atoms with Crippen LogP contribution in [0.2, 0.25) is 0 Å². The standard InChI is InChI=1S/C28H34FN3O4S.C7H13NO2/c1-36-21-7-8-24-23(17-21)22(10-12-30-24)25(33)9-6-19-11-14-32(18-20(19)16-28(34)35)13-3-15-37-27-5-2-4-26(29)31-27;9-7(10)4-6-2-1-3-8-5-6/h2,4-5,7-8,10,12,17,19-20,25,33H,3,6,9,11,13-16,18H2,1H3,(H,34,35);6,8H,1-5H2,(H,9,10)/t19-,20+,25?;/m1./s1. The highest BCUT2D eigenvalue weighted by Crippen LogP contribution is 2.35. The number of rotatable bonds is 14. The lowest BCUT2D eigenvalue weighted by molar-refractivity contribution is -0.139. The van der Waals surface area contributed by atoms with E-state index < -0.39 is 24.0 Å². The highest BCUT2D eigenvalue weighted by molar-refractivity contribution is 7.99. The number of piperidine rings is 2. The SMILES string of the molecule is COc1ccc2nccc(C(O)CC[C@@H]3CCN(CCCSc4cccc(F)n4)C[C@@H]3CC(=O)O)c2c1.O=C(O)CC1CCCNC1. The Morgan fingerprint density at radius 3 is 2.68 bits per heavy atom. The van der Waals surface area contributed by atoms with Gasteiger partial charge in [-0.05, 0) is 124 Å². The van der Waals surface area contributed by atoms with E-state index in [0.717, 1.165) is 87.0 Å². The molecule has 0 spiro atoms. The quantitative estimate of drug-likeness (QED) is 0.0960. The first-order chi connectivity index (χ1) is 22.7. The Hall–Kier alpha value is -3.32. The second-order valence-electron chi connectivity index (χ2n) is 12.4. The van der Waals surface area contributed by atoms with Gasteiger partial charge in [-0.15, -0.1) is 11.8 Å². The highest BCUT2D eigenvalue weighted by atomic mass is 32.2. The molecule has 4 atom stereocenters. The summed E-state index contributed by atoms with van der Waals surface area (Å²) in [6, 6.07) is 12.3. The molecule has 0 saturated carbocycles. The number of aromatic nitrogens is 2. The first kappa shape index (κ1) is 36.5. The fraction of sp³-hybridized carbons (Fsp3) is 0.543. The van der Waals surface area contributed by atoms with Crippen molar-refractivity contribution < 1.29 is 34.0 Å². The van der Waals surface area contributed by atoms with E-state index in [-0.39, 0.29) is 18.3 Å². The summed E-state index contributed by atoms with van der Waals surface area (Å²) in [4.78, 5) is 32.5. The van der Waals surface area contributed by atoms with Gasteiger partial charge in [-0.25, -0.2) is 4.98 Å². The van der Waals surface area contributed by atoms with Gasteiger partial charge in [-0.1, -0.05) is 6.07 Å². The Morgan fingerprint density at radius 2 is 1.96 bits per heavy atom. The summed E-state index contributed by atoms with van der Waals surface area (Å²) in [5.41, 5.74) is 1.63. The summed E-state index contributed by atoms with van der Waals surface area (Å²) in [5.74, 6) is 0.286. The van der Waals surface area contributed by atoms with Gasteiger partial charge in [-0.2, -0.15) is 4.39 Å². The topological polar surface area (TPSA) is 145 Å². The summed E-state index contributed by atoms with van der Waals surface area (Å²) in [6.07, 6.45) is 6.87. The molecule has 0 bridgehead atoms. The number of benzene rings is 1. The number of thioether (sulfide) groups is 1. The highest BCUT2D eigenvalue weighted by Gasteiger charge is 2.31. The number of hydrogen-bond donors (Lipinski definition) is 4. The largest absolute Gasteiger partial charge is 0.497 e. The fourth-order valence-corrected chi connectivity index (χ4v) is 7.38. The molecule has 5 rings (SSSR count). The second-order valence-corrected chi connectivity index (χ2v) is 13.5. The molecule has 12 heteroatoms. The fourth-order valence-electron chi connectivity index (χ4n) is 6.57. The molecule has 2 aromatic heterocycles. The molecule has 47 heavy (non-hydrogen) atoms. The number of aliphatic hydroxyl groups is 1. The van der Waals surface area contributed by atoms with Crippen LogP contribution in [0.5, 0.6) is 5.75 Å². The number of carboxylic acid groups (broad SMARTS) is 2. The zero-order valence-electron chi connectivity index (χ0n) is 27.0. The predicted molar refractivity (Wildman–Crippen MR) is 180 cm³/mol. The zero-order valence-corrected chi connectivity index (χ0v) is 27.8. The number of nitrogens with one attached hydrogen (secondary N) is 1. The maximum atomic E-state index is 13.3. The summed E-state index contributed by atoms with van der Waals surface area (Å²) < 4.78 is 18.6. The lowest BCUT2D eigenvalue weighted by atomic mass is 9.79. The van der Waals surface area contributed by atoms with Crippen molar-refractivity contribution in [1.29, 1.82) is 0 Å². The Morgan fingerprint density at radius 1 is 1.13 bits per heavy atom. The number of carboxylic acids is 2. The Kier molecular flexibility index (Phi) is 14.7. The van der Waals surface area contributed by atoms with E-state index >= 15 is 0 Å². The van der Waals surface area contributed by atoms with Crippen molar-refractivity contribution in [2.75, 3.05) is 45.6 Å². The number of methoxy groups -OCH3 is 1. The molecule has 2 aliphatic heterocycles. The molecular formula is C35H47FN4O6S. The third kappa shape index (κ3) is 12.0. The minimum Gasteiger partial charge on any atom is -0.497 e. The lowest BCUT2D eigenvalue weighted by Gasteiger charge is -2.38. The second kappa shape index (κ2) is 18.9. The number of carbonyl (C=O) groups is 2. The van der Waals surface area contributed by atoms with E-state index in [4.69, 9.17) is 9.84 Å². The van der Waals surface area contributed by atoms with Crippen molar-refractivity contribution in [3.63, 3.8) is 0 Å². The summed E-state index contributed by atoms with van der Waals surface area (Å²) in [7, 11) is 1.61. The van der Waals surface area contributed by atoms with Crippen LogP contribution in [0.1, 0.15) is 63.0 Å². The van der Waals surface area contributed by atoms with Crippen LogP contribution < -0.4 is 10.1 Å². The van der Waals surface area contributed by atoms with Crippen molar-refractivity contribution in [1.82, 2.24) is 20.2 Å². The van der Waals surface area contributed by atoms with E-state index in [1.807, 2.05) is 30.3 Å². The van der Waals surface area contributed by atoms with E-state index in [1.54, 1.807) is 19.4 Å². The number of hydrogen-bond acceptors (Lipinski definition) is 9. The van der Waals surface area contributed by atoms with Crippen molar-refractivity contribution in [3.05, 3.63) is 60.2 Å². The zero-order chi connectivity index (χ0) is 33.6. The average molecular weight is 671 g/mol. The Labute approximate surface area is 280 Å². The van der Waals surface area contributed by atoms with Crippen LogP contribution in [0.15, 0.2) is 53.7 Å². The Bertz CT molecular complexity index is 1440. The van der Waals surface area contributed by atoms with Gasteiger partial charge in [0.15, 0.2) is 0 Å². The first-order valence-corrected chi connectivity index (χ1v) is 17.4. The molecule has 256 valence electrons. The van der Waals surface area contributed by atoms with E-state index in [9.17, 15) is 24.2 Å². The number of likely N-dealkylation sites (tertiary alicyclic amines) is 1. The average Bonchev–Trinajstić information content (AvgIpc) is 3.06. The van der Waals surface area contributed by atoms with Crippen LogP contribution in [0, 0.1) is 23.7 Å². The number of aliphatic carboxylic acids is 2. The summed E-state index contributed by atoms with van der Waals surface area (Å²) in [5, 5.41) is 33.8. The Balaban J connectivity index is 0.000000427. The van der Waals surface area contributed by atoms with Crippen LogP contribution >= 0.6 is 11.8 Å². The van der Waals surface area contributed by atoms with Gasteiger partial charge in [0.25, 0.3) is 0 Å². The smallest absolute Gasteiger partial charge is 0.303 e. The van der Waals surface area contributed by atoms with E-state index in [0.29, 0.717) is 29.5 Å². The molecule has 4 heterocycles. The van der Waals surface area contributed by atoms with Crippen molar-refractivity contribution in [2.24, 2.45) is 17.8 Å². The first-order valence-electron chi connectivity index (χ1n) is 16.4. The minimum absolute atomic E-state index is 0.0465. The van der Waals surface area contributed by atoms with Crippen molar-refractivity contribution >= 4 is 34.6 Å². The predicted octanol–water partition coefficient (Wildman–Crippen LogP) is 5.65. The van der Waals surface area contributed by atoms with Gasteiger partial charge >= 0.3 is 11.9 Å². The number of fused-ring (bicyclic) bond motifs is 1. The normalized spacial score (nSPS) is 20.6. The monoisotopic (exact) mass is 670 g/mol. The molecule has 3 aromatic rings. The van der Waals surface area contributed by atoms with Crippen LogP contribution in [0.25, 0.3) is 10.9 Å². The van der Waals surface area contributed by atoms with Crippen LogP contribution in [0.3, 0.4) is 0 Å². The van der Waals surface area contributed by atoms with Crippen molar-refractivity contribution in [2.45, 2.75) is 62.5 Å². The molecule has 0 radical (unpaired) electrons. The maximum Gasteiger partial charge on any atom is 0.303 e. The number of aliphatic hydroxyl groups excluding tert-OH is 1. The molecule has 0 aliphatic carbocycles. The lowest BCUT2D eigenvalue weighted by Crippen LogP contribution is -2.42. The van der Waals surface area contributed by atoms with Gasteiger partial charge in [-0.3, -0.25) is 14.6 Å². The molecule has 4 N–H and O–H groups in total. The van der Waals surface area contributed by atoms with Crippen LogP contribution in [0.4, 0.5) is 4.39 Å². The third-order valence-corrected chi connectivity index (χ3v) is 10.0. The molecule has 2 saturated heterocycles. The van der Waals surface area contributed by atoms with E-state index in [2.05, 4.69) is 20.2 Å². The van der Waals surface area contributed by atoms with Gasteiger partial charge in [0, 0.05) is 36.7 Å². The number of nitrogens with zero attached hydrogens (tertiary/aromatic N) is 3. The molecule has 2 fully saturated rings. The van der Waals surface area contributed by atoms with Gasteiger partial charge < -0.3 is 30.3 Å². The van der Waals surface area contributed by atoms with E-state index in [1.165, 1.54) is 17.8 Å². The molecule has 0 amide bonds. The van der Waals surface area contributed by atoms with Crippen LogP contribution in [-0.4, -0.2) is 87.7 Å². The summed E-state index contributed by atoms with van der Waals surface area (Å²) >= 11 is 1.54.